The number of rotatable bonds is 1. The molecule has 1 aliphatic rings. The van der Waals surface area contributed by atoms with Gasteiger partial charge in [-0.25, -0.2) is 0 Å². The normalized spacial score (nSPS) is 32.6. The quantitative estimate of drug-likeness (QED) is 0.629. The zero-order chi connectivity index (χ0) is 10.1. The van der Waals surface area contributed by atoms with Crippen LogP contribution in [0.3, 0.4) is 0 Å². The van der Waals surface area contributed by atoms with Gasteiger partial charge in [-0.3, -0.25) is 4.79 Å². The summed E-state index contributed by atoms with van der Waals surface area (Å²) in [4.78, 5) is 11.4. The molecule has 1 aliphatic carbocycles. The van der Waals surface area contributed by atoms with Gasteiger partial charge in [0.05, 0.1) is 7.11 Å². The van der Waals surface area contributed by atoms with Crippen molar-refractivity contribution in [1.82, 2.24) is 0 Å². The monoisotopic (exact) mass is 185 g/mol. The number of nitrogens with two attached hydrogens (primary N) is 1. The predicted molar refractivity (Wildman–Crippen MR) is 51.2 cm³/mol. The van der Waals surface area contributed by atoms with Crippen molar-refractivity contribution >= 4 is 5.97 Å². The number of carbonyl (C=O) groups excluding carboxylic acids is 1. The first-order valence-corrected chi connectivity index (χ1v) is 4.77. The maximum Gasteiger partial charge on any atom is 0.325 e. The second-order valence-electron chi connectivity index (χ2n) is 4.84. The lowest BCUT2D eigenvalue weighted by Crippen LogP contribution is -2.53. The third-order valence-corrected chi connectivity index (χ3v) is 2.86. The van der Waals surface area contributed by atoms with Gasteiger partial charge >= 0.3 is 5.97 Å². The Kier molecular flexibility index (Phi) is 2.66. The Morgan fingerprint density at radius 2 is 2.00 bits per heavy atom. The molecule has 2 N–H and O–H groups in total. The van der Waals surface area contributed by atoms with Crippen LogP contribution < -0.4 is 5.73 Å². The maximum atomic E-state index is 11.4. The molecule has 0 aromatic heterocycles. The molecule has 1 atom stereocenters. The van der Waals surface area contributed by atoms with E-state index in [1.807, 2.05) is 0 Å². The van der Waals surface area contributed by atoms with Crippen LogP contribution in [-0.4, -0.2) is 18.6 Å². The Bertz CT molecular complexity index is 213. The predicted octanol–water partition coefficient (Wildman–Crippen LogP) is 1.46. The van der Waals surface area contributed by atoms with Gasteiger partial charge in [-0.15, -0.1) is 0 Å². The van der Waals surface area contributed by atoms with Crippen LogP contribution in [0.5, 0.6) is 0 Å². The Morgan fingerprint density at radius 1 is 1.38 bits per heavy atom. The van der Waals surface area contributed by atoms with E-state index < -0.39 is 5.54 Å². The molecule has 1 saturated carbocycles. The summed E-state index contributed by atoms with van der Waals surface area (Å²) in [6, 6.07) is 0. The molecular formula is C10H19NO2. The summed E-state index contributed by atoms with van der Waals surface area (Å²) in [6.07, 6.45) is 3.64. The van der Waals surface area contributed by atoms with E-state index in [4.69, 9.17) is 10.5 Å². The van der Waals surface area contributed by atoms with E-state index in [1.54, 1.807) is 0 Å². The topological polar surface area (TPSA) is 52.3 Å². The SMILES string of the molecule is COC(=O)[C@]1(N)CCCC(C)(C)C1. The average molecular weight is 185 g/mol. The minimum atomic E-state index is -0.740. The molecule has 0 heterocycles. The van der Waals surface area contributed by atoms with Crippen LogP contribution in [0.15, 0.2) is 0 Å². The number of methoxy groups -OCH3 is 1. The summed E-state index contributed by atoms with van der Waals surface area (Å²) in [6.45, 7) is 4.30. The number of esters is 1. The molecule has 76 valence electrons. The van der Waals surface area contributed by atoms with Crippen molar-refractivity contribution in [3.8, 4) is 0 Å². The number of hydrogen-bond donors (Lipinski definition) is 1. The van der Waals surface area contributed by atoms with Gasteiger partial charge in [-0.05, 0) is 24.7 Å². The summed E-state index contributed by atoms with van der Waals surface area (Å²) < 4.78 is 4.72. The molecule has 0 amide bonds. The standard InChI is InChI=1S/C10H19NO2/c1-9(2)5-4-6-10(11,7-9)8(12)13-3/h4-7,11H2,1-3H3/t10-/m0/s1. The van der Waals surface area contributed by atoms with E-state index >= 15 is 0 Å². The summed E-state index contributed by atoms with van der Waals surface area (Å²) in [5.74, 6) is -0.264. The first kappa shape index (κ1) is 10.5. The first-order chi connectivity index (χ1) is 5.90. The Balaban J connectivity index is 2.74. The summed E-state index contributed by atoms with van der Waals surface area (Å²) >= 11 is 0. The van der Waals surface area contributed by atoms with Gasteiger partial charge in [0.2, 0.25) is 0 Å². The molecule has 1 rings (SSSR count). The summed E-state index contributed by atoms with van der Waals surface area (Å²) in [5.41, 5.74) is 5.44. The Hall–Kier alpha value is -0.570. The summed E-state index contributed by atoms with van der Waals surface area (Å²) in [5, 5.41) is 0. The molecule has 0 saturated heterocycles. The highest BCUT2D eigenvalue weighted by atomic mass is 16.5. The van der Waals surface area contributed by atoms with Crippen LogP contribution in [0, 0.1) is 5.41 Å². The lowest BCUT2D eigenvalue weighted by Gasteiger charge is -2.40. The highest BCUT2D eigenvalue weighted by Crippen LogP contribution is 2.40. The highest BCUT2D eigenvalue weighted by Gasteiger charge is 2.43. The molecule has 0 radical (unpaired) electrons. The lowest BCUT2D eigenvalue weighted by atomic mass is 9.68. The minimum absolute atomic E-state index is 0.168. The van der Waals surface area contributed by atoms with Gasteiger partial charge in [0.15, 0.2) is 0 Å². The smallest absolute Gasteiger partial charge is 0.325 e. The fraction of sp³-hybridized carbons (Fsp3) is 0.900. The highest BCUT2D eigenvalue weighted by molar-refractivity contribution is 5.80. The number of carbonyl (C=O) groups is 1. The van der Waals surface area contributed by atoms with E-state index in [-0.39, 0.29) is 11.4 Å². The van der Waals surface area contributed by atoms with E-state index in [0.29, 0.717) is 0 Å². The maximum absolute atomic E-state index is 11.4. The van der Waals surface area contributed by atoms with Crippen molar-refractivity contribution in [3.05, 3.63) is 0 Å². The molecule has 1 fully saturated rings. The largest absolute Gasteiger partial charge is 0.468 e. The zero-order valence-corrected chi connectivity index (χ0v) is 8.72. The minimum Gasteiger partial charge on any atom is -0.468 e. The summed E-state index contributed by atoms with van der Waals surface area (Å²) in [7, 11) is 1.40. The van der Waals surface area contributed by atoms with E-state index in [2.05, 4.69) is 13.8 Å². The number of hydrogen-bond acceptors (Lipinski definition) is 3. The average Bonchev–Trinajstić information content (AvgIpc) is 2.00. The van der Waals surface area contributed by atoms with Crippen molar-refractivity contribution < 1.29 is 9.53 Å². The van der Waals surface area contributed by atoms with Gasteiger partial charge in [0, 0.05) is 0 Å². The molecule has 0 aromatic rings. The van der Waals surface area contributed by atoms with Crippen LogP contribution >= 0.6 is 0 Å². The van der Waals surface area contributed by atoms with E-state index in [9.17, 15) is 4.79 Å². The van der Waals surface area contributed by atoms with Crippen LogP contribution in [0.2, 0.25) is 0 Å². The Labute approximate surface area is 79.6 Å². The molecule has 0 aromatic carbocycles. The molecule has 0 unspecified atom stereocenters. The van der Waals surface area contributed by atoms with Crippen LogP contribution in [0.1, 0.15) is 39.5 Å². The third kappa shape index (κ3) is 2.21. The van der Waals surface area contributed by atoms with Gasteiger partial charge in [-0.1, -0.05) is 20.3 Å². The first-order valence-electron chi connectivity index (χ1n) is 4.77. The molecule has 3 nitrogen and oxygen atoms in total. The van der Waals surface area contributed by atoms with Crippen molar-refractivity contribution in [2.24, 2.45) is 11.1 Å². The third-order valence-electron chi connectivity index (χ3n) is 2.86. The fourth-order valence-corrected chi connectivity index (χ4v) is 2.29. The molecule has 0 bridgehead atoms. The fourth-order valence-electron chi connectivity index (χ4n) is 2.29. The van der Waals surface area contributed by atoms with Gasteiger partial charge in [-0.2, -0.15) is 0 Å². The van der Waals surface area contributed by atoms with Crippen LogP contribution in [0.4, 0.5) is 0 Å². The number of ether oxygens (including phenoxy) is 1. The zero-order valence-electron chi connectivity index (χ0n) is 8.72. The van der Waals surface area contributed by atoms with Crippen LogP contribution in [0.25, 0.3) is 0 Å². The second-order valence-corrected chi connectivity index (χ2v) is 4.84. The molecule has 13 heavy (non-hydrogen) atoms. The Morgan fingerprint density at radius 3 is 2.46 bits per heavy atom. The lowest BCUT2D eigenvalue weighted by molar-refractivity contribution is -0.150. The van der Waals surface area contributed by atoms with Gasteiger partial charge < -0.3 is 10.5 Å². The van der Waals surface area contributed by atoms with Gasteiger partial charge in [0.25, 0.3) is 0 Å². The van der Waals surface area contributed by atoms with E-state index in [1.165, 1.54) is 7.11 Å². The molecule has 0 aliphatic heterocycles. The molecule has 0 spiro atoms. The van der Waals surface area contributed by atoms with Crippen molar-refractivity contribution in [2.75, 3.05) is 7.11 Å². The van der Waals surface area contributed by atoms with Crippen LogP contribution in [-0.2, 0) is 9.53 Å². The van der Waals surface area contributed by atoms with Crippen molar-refractivity contribution in [2.45, 2.75) is 45.1 Å². The second kappa shape index (κ2) is 3.29. The van der Waals surface area contributed by atoms with Gasteiger partial charge in [0.1, 0.15) is 5.54 Å². The van der Waals surface area contributed by atoms with Crippen molar-refractivity contribution in [3.63, 3.8) is 0 Å². The molecular weight excluding hydrogens is 166 g/mol. The van der Waals surface area contributed by atoms with E-state index in [0.717, 1.165) is 25.7 Å². The molecule has 3 heteroatoms. The van der Waals surface area contributed by atoms with Crippen molar-refractivity contribution in [1.29, 1.82) is 0 Å².